The molecular weight excluding hydrogens is 263 g/mol. The molecule has 1 fully saturated rings. The molecule has 3 N–H and O–H groups in total. The third-order valence-electron chi connectivity index (χ3n) is 3.51. The second-order valence-electron chi connectivity index (χ2n) is 5.24. The van der Waals surface area contributed by atoms with Gasteiger partial charge in [0.2, 0.25) is 0 Å². The van der Waals surface area contributed by atoms with Gasteiger partial charge >= 0.3 is 0 Å². The van der Waals surface area contributed by atoms with E-state index in [1.807, 2.05) is 0 Å². The highest BCUT2D eigenvalue weighted by Crippen LogP contribution is 2.23. The maximum atomic E-state index is 13.3. The molecule has 0 spiro atoms. The quantitative estimate of drug-likeness (QED) is 0.831. The van der Waals surface area contributed by atoms with E-state index in [1.54, 1.807) is 13.0 Å². The second kappa shape index (κ2) is 5.20. The molecule has 108 valence electrons. The average molecular weight is 280 g/mol. The van der Waals surface area contributed by atoms with Crippen LogP contribution in [0, 0.1) is 12.7 Å². The first-order chi connectivity index (χ1) is 9.32. The molecule has 1 saturated heterocycles. The average Bonchev–Trinajstić information content (AvgIpc) is 2.36. The van der Waals surface area contributed by atoms with Crippen LogP contribution in [0.2, 0.25) is 0 Å². The Kier molecular flexibility index (Phi) is 3.76. The Hall–Kier alpha value is -1.95. The number of likely N-dealkylation sites (tertiary alicyclic amines) is 1. The van der Waals surface area contributed by atoms with Crippen LogP contribution < -0.4 is 5.73 Å². The largest absolute Gasteiger partial charge is 0.378 e. The molecule has 1 unspecified atom stereocenters. The zero-order chi connectivity index (χ0) is 14.9. The van der Waals surface area contributed by atoms with Crippen molar-refractivity contribution in [3.8, 4) is 0 Å². The van der Waals surface area contributed by atoms with Crippen molar-refractivity contribution in [2.45, 2.75) is 25.4 Å². The topological polar surface area (TPSA) is 83.6 Å². The molecule has 0 aromatic heterocycles. The lowest BCUT2D eigenvalue weighted by molar-refractivity contribution is -0.140. The van der Waals surface area contributed by atoms with Crippen molar-refractivity contribution in [3.63, 3.8) is 0 Å². The highest BCUT2D eigenvalue weighted by atomic mass is 19.1. The van der Waals surface area contributed by atoms with Crippen LogP contribution in [0.25, 0.3) is 0 Å². The van der Waals surface area contributed by atoms with Crippen LogP contribution in [-0.2, 0) is 4.79 Å². The summed E-state index contributed by atoms with van der Waals surface area (Å²) >= 11 is 0. The number of β-amino-alcohol motifs (C(OH)–C–C–N with tert-alkyl or cyclic N) is 1. The molecule has 1 aliphatic heterocycles. The van der Waals surface area contributed by atoms with E-state index in [9.17, 15) is 19.1 Å². The van der Waals surface area contributed by atoms with Crippen LogP contribution in [0.1, 0.15) is 28.8 Å². The number of carbonyl (C=O) groups excluding carboxylic acids is 2. The first-order valence-corrected chi connectivity index (χ1v) is 6.40. The molecule has 1 heterocycles. The molecule has 6 heteroatoms. The predicted molar refractivity (Wildman–Crippen MR) is 70.4 cm³/mol. The Morgan fingerprint density at radius 3 is 2.70 bits per heavy atom. The summed E-state index contributed by atoms with van der Waals surface area (Å²) in [5.74, 6) is -1.74. The number of hydrogen-bond acceptors (Lipinski definition) is 3. The first-order valence-electron chi connectivity index (χ1n) is 6.40. The lowest BCUT2D eigenvalue weighted by Crippen LogP contribution is -2.57. The van der Waals surface area contributed by atoms with Crippen molar-refractivity contribution in [1.82, 2.24) is 4.90 Å². The van der Waals surface area contributed by atoms with Gasteiger partial charge in [0.15, 0.2) is 5.60 Å². The Bertz CT molecular complexity index is 541. The molecule has 1 aliphatic rings. The molecular formula is C14H17FN2O3. The number of rotatable bonds is 2. The van der Waals surface area contributed by atoms with Crippen LogP contribution in [0.4, 0.5) is 4.39 Å². The van der Waals surface area contributed by atoms with Gasteiger partial charge in [-0.1, -0.05) is 0 Å². The fourth-order valence-corrected chi connectivity index (χ4v) is 2.45. The number of amides is 2. The van der Waals surface area contributed by atoms with Crippen LogP contribution in [0.3, 0.4) is 0 Å². The number of nitrogens with two attached hydrogens (primary N) is 1. The fourth-order valence-electron chi connectivity index (χ4n) is 2.45. The molecule has 2 amide bonds. The van der Waals surface area contributed by atoms with Crippen LogP contribution in [0.15, 0.2) is 18.2 Å². The van der Waals surface area contributed by atoms with E-state index in [2.05, 4.69) is 0 Å². The summed E-state index contributed by atoms with van der Waals surface area (Å²) in [7, 11) is 0. The number of nitrogens with zero attached hydrogens (tertiary/aromatic N) is 1. The molecule has 0 radical (unpaired) electrons. The molecule has 1 aromatic carbocycles. The third-order valence-corrected chi connectivity index (χ3v) is 3.51. The zero-order valence-corrected chi connectivity index (χ0v) is 11.2. The van der Waals surface area contributed by atoms with Crippen molar-refractivity contribution in [3.05, 3.63) is 35.1 Å². The molecule has 2 rings (SSSR count). The summed E-state index contributed by atoms with van der Waals surface area (Å²) in [6.07, 6.45) is 0.702. The Balaban J connectivity index is 2.22. The van der Waals surface area contributed by atoms with Crippen molar-refractivity contribution in [1.29, 1.82) is 0 Å². The van der Waals surface area contributed by atoms with Crippen molar-refractivity contribution in [2.75, 3.05) is 13.1 Å². The van der Waals surface area contributed by atoms with Gasteiger partial charge in [-0.25, -0.2) is 4.39 Å². The van der Waals surface area contributed by atoms with E-state index in [-0.39, 0.29) is 18.5 Å². The molecule has 1 aromatic rings. The van der Waals surface area contributed by atoms with E-state index in [1.165, 1.54) is 11.0 Å². The van der Waals surface area contributed by atoms with Crippen molar-refractivity contribution in [2.24, 2.45) is 5.73 Å². The molecule has 1 atom stereocenters. The second-order valence-corrected chi connectivity index (χ2v) is 5.24. The molecule has 0 saturated carbocycles. The van der Waals surface area contributed by atoms with Crippen molar-refractivity contribution < 1.29 is 19.1 Å². The van der Waals surface area contributed by atoms with Gasteiger partial charge in [0, 0.05) is 12.1 Å². The summed E-state index contributed by atoms with van der Waals surface area (Å²) < 4.78 is 13.3. The van der Waals surface area contributed by atoms with E-state index in [0.717, 1.165) is 6.07 Å². The molecule has 20 heavy (non-hydrogen) atoms. The number of hydrogen-bond donors (Lipinski definition) is 2. The molecule has 0 bridgehead atoms. The number of primary amides is 1. The van der Waals surface area contributed by atoms with Gasteiger partial charge in [-0.3, -0.25) is 9.59 Å². The van der Waals surface area contributed by atoms with E-state index >= 15 is 0 Å². The summed E-state index contributed by atoms with van der Waals surface area (Å²) in [6, 6.07) is 4.04. The predicted octanol–water partition coefficient (Wildman–Crippen LogP) is 0.587. The van der Waals surface area contributed by atoms with Crippen molar-refractivity contribution >= 4 is 11.8 Å². The SMILES string of the molecule is Cc1cc(F)cc(C(=O)N2CCCC(O)(C(N)=O)C2)c1. The van der Waals surface area contributed by atoms with E-state index < -0.39 is 23.2 Å². The number of benzene rings is 1. The number of aryl methyl sites for hydroxylation is 1. The Labute approximate surface area is 116 Å². The van der Waals surface area contributed by atoms with Crippen LogP contribution in [-0.4, -0.2) is 40.5 Å². The lowest BCUT2D eigenvalue weighted by Gasteiger charge is -2.37. The summed E-state index contributed by atoms with van der Waals surface area (Å²) in [6.45, 7) is 1.94. The van der Waals surface area contributed by atoms with Crippen LogP contribution >= 0.6 is 0 Å². The standard InChI is InChI=1S/C14H17FN2O3/c1-9-5-10(7-11(15)6-9)12(18)17-4-2-3-14(20,8-17)13(16)19/h5-7,20H,2-4,8H2,1H3,(H2,16,19). The van der Waals surface area contributed by atoms with Crippen LogP contribution in [0.5, 0.6) is 0 Å². The summed E-state index contributed by atoms with van der Waals surface area (Å²) in [5.41, 5.74) is 4.31. The highest BCUT2D eigenvalue weighted by molar-refractivity contribution is 5.95. The third kappa shape index (κ3) is 2.80. The van der Waals surface area contributed by atoms with Gasteiger partial charge < -0.3 is 15.7 Å². The van der Waals surface area contributed by atoms with Gasteiger partial charge in [-0.05, 0) is 43.5 Å². The first kappa shape index (κ1) is 14.5. The van der Waals surface area contributed by atoms with Gasteiger partial charge in [0.1, 0.15) is 5.82 Å². The minimum Gasteiger partial charge on any atom is -0.378 e. The summed E-state index contributed by atoms with van der Waals surface area (Å²) in [4.78, 5) is 24.9. The minimum atomic E-state index is -1.70. The van der Waals surface area contributed by atoms with E-state index in [0.29, 0.717) is 18.5 Å². The fraction of sp³-hybridized carbons (Fsp3) is 0.429. The molecule has 0 aliphatic carbocycles. The lowest BCUT2D eigenvalue weighted by atomic mass is 9.91. The van der Waals surface area contributed by atoms with E-state index in [4.69, 9.17) is 5.73 Å². The maximum absolute atomic E-state index is 13.3. The number of carbonyl (C=O) groups is 2. The molecule has 5 nitrogen and oxygen atoms in total. The Morgan fingerprint density at radius 2 is 2.10 bits per heavy atom. The number of aliphatic hydroxyl groups is 1. The number of piperidine rings is 1. The Morgan fingerprint density at radius 1 is 1.40 bits per heavy atom. The summed E-state index contributed by atoms with van der Waals surface area (Å²) in [5, 5.41) is 10.1. The van der Waals surface area contributed by atoms with Gasteiger partial charge in [0.25, 0.3) is 11.8 Å². The van der Waals surface area contributed by atoms with Gasteiger partial charge in [0.05, 0.1) is 6.54 Å². The minimum absolute atomic E-state index is 0.156. The highest BCUT2D eigenvalue weighted by Gasteiger charge is 2.40. The van der Waals surface area contributed by atoms with Gasteiger partial charge in [-0.15, -0.1) is 0 Å². The monoisotopic (exact) mass is 280 g/mol. The number of halogens is 1. The van der Waals surface area contributed by atoms with Gasteiger partial charge in [-0.2, -0.15) is 0 Å². The maximum Gasteiger partial charge on any atom is 0.254 e. The normalized spacial score (nSPS) is 22.6. The zero-order valence-electron chi connectivity index (χ0n) is 11.2. The smallest absolute Gasteiger partial charge is 0.254 e.